The summed E-state index contributed by atoms with van der Waals surface area (Å²) in [7, 11) is -3.29. The molecule has 0 spiro atoms. The monoisotopic (exact) mass is 246 g/mol. The minimum atomic E-state index is -3.29. The Morgan fingerprint density at radius 3 is 2.75 bits per heavy atom. The van der Waals surface area contributed by atoms with Gasteiger partial charge in [-0.3, -0.25) is 4.79 Å². The lowest BCUT2D eigenvalue weighted by Gasteiger charge is -2.12. The molecule has 7 heteroatoms. The van der Waals surface area contributed by atoms with Crippen molar-refractivity contribution >= 4 is 21.6 Å². The summed E-state index contributed by atoms with van der Waals surface area (Å²) in [5.41, 5.74) is 0. The molecular weight excluding hydrogens is 232 g/mol. The number of anilines is 1. The van der Waals surface area contributed by atoms with Crippen LogP contribution in [0.4, 0.5) is 5.82 Å². The lowest BCUT2D eigenvalue weighted by atomic mass is 10.2. The summed E-state index contributed by atoms with van der Waals surface area (Å²) in [6, 6.07) is 3.49. The highest BCUT2D eigenvalue weighted by Gasteiger charge is 2.22. The van der Waals surface area contributed by atoms with E-state index in [4.69, 9.17) is 5.11 Å². The second-order valence-electron chi connectivity index (χ2n) is 3.59. The van der Waals surface area contributed by atoms with E-state index in [2.05, 4.69) is 10.3 Å². The number of aliphatic carboxylic acids is 1. The van der Waals surface area contributed by atoms with E-state index in [-0.39, 0.29) is 12.3 Å². The molecule has 0 radical (unpaired) electrons. The average molecular weight is 246 g/mol. The van der Waals surface area contributed by atoms with E-state index in [9.17, 15) is 13.2 Å². The molecule has 1 unspecified atom stereocenters. The maximum absolute atomic E-state index is 11.0. The maximum Gasteiger partial charge on any atom is 0.309 e. The minimum Gasteiger partial charge on any atom is -0.481 e. The molecule has 0 fully saturated rings. The van der Waals surface area contributed by atoms with Crippen LogP contribution in [0.1, 0.15) is 0 Å². The van der Waals surface area contributed by atoms with Gasteiger partial charge in [-0.1, -0.05) is 0 Å². The third-order valence-electron chi connectivity index (χ3n) is 1.99. The second-order valence-corrected chi connectivity index (χ2v) is 5.78. The van der Waals surface area contributed by atoms with Crippen molar-refractivity contribution < 1.29 is 18.3 Å². The van der Waals surface area contributed by atoms with E-state index >= 15 is 0 Å². The van der Waals surface area contributed by atoms with Gasteiger partial charge in [0.05, 0.1) is 11.7 Å². The van der Waals surface area contributed by atoms with Crippen LogP contribution in [0, 0.1) is 5.92 Å². The quantitative estimate of drug-likeness (QED) is 0.664. The molecule has 3 N–H and O–H groups in total. The van der Waals surface area contributed by atoms with Gasteiger partial charge in [0.25, 0.3) is 0 Å². The molecule has 1 atom stereocenters. The zero-order valence-electron chi connectivity index (χ0n) is 8.80. The summed E-state index contributed by atoms with van der Waals surface area (Å²) in [4.78, 5) is 13.7. The number of nitrogens with one attached hydrogen (secondary N) is 2. The van der Waals surface area contributed by atoms with E-state index in [1.807, 2.05) is 0 Å². The first-order valence-corrected chi connectivity index (χ1v) is 6.72. The highest BCUT2D eigenvalue weighted by atomic mass is 32.2. The molecule has 90 valence electrons. The van der Waals surface area contributed by atoms with Crippen LogP contribution in [0.3, 0.4) is 0 Å². The second kappa shape index (κ2) is 5.02. The predicted octanol–water partition coefficient (Wildman–Crippen LogP) is 0.172. The highest BCUT2D eigenvalue weighted by molar-refractivity contribution is 7.90. The van der Waals surface area contributed by atoms with Crippen LogP contribution in [0.25, 0.3) is 0 Å². The van der Waals surface area contributed by atoms with Gasteiger partial charge in [-0.25, -0.2) is 8.42 Å². The Morgan fingerprint density at radius 1 is 1.62 bits per heavy atom. The van der Waals surface area contributed by atoms with E-state index in [1.165, 1.54) is 0 Å². The molecule has 1 heterocycles. The minimum absolute atomic E-state index is 0.0723. The number of carboxylic acids is 1. The molecule has 0 bridgehead atoms. The number of H-pyrrole nitrogens is 1. The Hall–Kier alpha value is -1.50. The Kier molecular flexibility index (Phi) is 3.94. The van der Waals surface area contributed by atoms with Crippen molar-refractivity contribution in [3.05, 3.63) is 18.3 Å². The van der Waals surface area contributed by atoms with Crippen LogP contribution in [-0.4, -0.2) is 43.0 Å². The standard InChI is InChI=1S/C9H14N2O4S/c1-16(14,15)6-7(9(12)13)5-11-8-3-2-4-10-8/h2-4,7,10-11H,5-6H2,1H3,(H,12,13). The number of carbonyl (C=O) groups is 1. The number of rotatable bonds is 6. The first kappa shape index (κ1) is 12.6. The van der Waals surface area contributed by atoms with E-state index in [1.54, 1.807) is 18.3 Å². The van der Waals surface area contributed by atoms with Gasteiger partial charge >= 0.3 is 5.97 Å². The molecule has 0 saturated carbocycles. The maximum atomic E-state index is 11.0. The molecule has 16 heavy (non-hydrogen) atoms. The van der Waals surface area contributed by atoms with Crippen molar-refractivity contribution in [2.45, 2.75) is 0 Å². The molecule has 1 aromatic heterocycles. The fourth-order valence-electron chi connectivity index (χ4n) is 1.26. The molecule has 1 rings (SSSR count). The average Bonchev–Trinajstić information content (AvgIpc) is 2.62. The van der Waals surface area contributed by atoms with Gasteiger partial charge in [0, 0.05) is 19.0 Å². The normalized spacial score (nSPS) is 13.3. The molecule has 1 aromatic rings. The number of hydrogen-bond donors (Lipinski definition) is 3. The Morgan fingerprint density at radius 2 is 2.31 bits per heavy atom. The third kappa shape index (κ3) is 4.35. The lowest BCUT2D eigenvalue weighted by Crippen LogP contribution is -2.29. The van der Waals surface area contributed by atoms with Crippen LogP contribution >= 0.6 is 0 Å². The van der Waals surface area contributed by atoms with Crippen molar-refractivity contribution in [3.63, 3.8) is 0 Å². The molecule has 0 aromatic carbocycles. The lowest BCUT2D eigenvalue weighted by molar-refractivity contribution is -0.140. The summed E-state index contributed by atoms with van der Waals surface area (Å²) in [5, 5.41) is 11.7. The Balaban J connectivity index is 2.56. The van der Waals surface area contributed by atoms with Crippen molar-refractivity contribution in [1.29, 1.82) is 0 Å². The smallest absolute Gasteiger partial charge is 0.309 e. The number of hydrogen-bond acceptors (Lipinski definition) is 4. The van der Waals surface area contributed by atoms with Crippen LogP contribution in [0.15, 0.2) is 18.3 Å². The molecule has 0 aliphatic rings. The molecule has 0 aliphatic carbocycles. The molecular formula is C9H14N2O4S. The zero-order chi connectivity index (χ0) is 12.2. The largest absolute Gasteiger partial charge is 0.481 e. The fraction of sp³-hybridized carbons (Fsp3) is 0.444. The number of aromatic nitrogens is 1. The first-order chi connectivity index (χ1) is 7.38. The third-order valence-corrected chi connectivity index (χ3v) is 3.00. The Labute approximate surface area is 93.6 Å². The molecule has 6 nitrogen and oxygen atoms in total. The van der Waals surface area contributed by atoms with Gasteiger partial charge < -0.3 is 15.4 Å². The van der Waals surface area contributed by atoms with Crippen LogP contribution in [0.2, 0.25) is 0 Å². The van der Waals surface area contributed by atoms with Crippen molar-refractivity contribution in [2.24, 2.45) is 5.92 Å². The van der Waals surface area contributed by atoms with Gasteiger partial charge in [0.2, 0.25) is 0 Å². The van der Waals surface area contributed by atoms with Crippen LogP contribution in [-0.2, 0) is 14.6 Å². The molecule has 0 amide bonds. The van der Waals surface area contributed by atoms with Crippen molar-refractivity contribution in [3.8, 4) is 0 Å². The van der Waals surface area contributed by atoms with Crippen molar-refractivity contribution in [2.75, 3.05) is 23.9 Å². The van der Waals surface area contributed by atoms with Gasteiger partial charge in [-0.2, -0.15) is 0 Å². The van der Waals surface area contributed by atoms with E-state index < -0.39 is 21.7 Å². The number of sulfone groups is 1. The molecule has 0 saturated heterocycles. The van der Waals surface area contributed by atoms with E-state index in [0.717, 1.165) is 6.26 Å². The van der Waals surface area contributed by atoms with Crippen molar-refractivity contribution in [1.82, 2.24) is 4.98 Å². The summed E-state index contributed by atoms with van der Waals surface area (Å²) in [6.45, 7) is 0.0723. The SMILES string of the molecule is CS(=O)(=O)CC(CNc1ccc[nH]1)C(=O)O. The van der Waals surface area contributed by atoms with Gasteiger partial charge in [0.1, 0.15) is 15.7 Å². The van der Waals surface area contributed by atoms with Gasteiger partial charge in [-0.05, 0) is 12.1 Å². The summed E-state index contributed by atoms with van der Waals surface area (Å²) >= 11 is 0. The summed E-state index contributed by atoms with van der Waals surface area (Å²) < 4.78 is 22.0. The van der Waals surface area contributed by atoms with Crippen LogP contribution < -0.4 is 5.32 Å². The Bertz CT molecular complexity index is 438. The summed E-state index contributed by atoms with van der Waals surface area (Å²) in [5.74, 6) is -1.77. The number of aromatic amines is 1. The highest BCUT2D eigenvalue weighted by Crippen LogP contribution is 2.06. The number of carboxylic acid groups (broad SMARTS) is 1. The van der Waals surface area contributed by atoms with E-state index in [0.29, 0.717) is 5.82 Å². The zero-order valence-corrected chi connectivity index (χ0v) is 9.62. The summed E-state index contributed by atoms with van der Waals surface area (Å²) in [6.07, 6.45) is 2.71. The molecule has 0 aliphatic heterocycles. The predicted molar refractivity (Wildman–Crippen MR) is 60.1 cm³/mol. The van der Waals surface area contributed by atoms with Crippen LogP contribution in [0.5, 0.6) is 0 Å². The topological polar surface area (TPSA) is 99.3 Å². The van der Waals surface area contributed by atoms with Gasteiger partial charge in [0.15, 0.2) is 0 Å². The first-order valence-electron chi connectivity index (χ1n) is 4.66. The fourth-order valence-corrected chi connectivity index (χ4v) is 2.25. The van der Waals surface area contributed by atoms with Gasteiger partial charge in [-0.15, -0.1) is 0 Å².